The molecule has 0 saturated heterocycles. The van der Waals surface area contributed by atoms with Gasteiger partial charge in [-0.1, -0.05) is 174 Å². The van der Waals surface area contributed by atoms with Crippen LogP contribution in [0.1, 0.15) is 93.9 Å². The minimum atomic E-state index is -0.112. The molecule has 0 unspecified atom stereocenters. The van der Waals surface area contributed by atoms with Gasteiger partial charge in [0.15, 0.2) is 0 Å². The van der Waals surface area contributed by atoms with Crippen LogP contribution in [-0.2, 0) is 5.41 Å². The third kappa shape index (κ3) is 6.77. The normalized spacial score (nSPS) is 14.7. The lowest BCUT2D eigenvalue weighted by molar-refractivity contribution is 0.443. The van der Waals surface area contributed by atoms with Gasteiger partial charge in [-0.05, 0) is 151 Å². The quantitative estimate of drug-likeness (QED) is 0.149. The average Bonchev–Trinajstić information content (AvgIpc) is 3.52. The molecule has 1 saturated carbocycles. The average molecular weight is 764 g/mol. The number of anilines is 3. The highest BCUT2D eigenvalue weighted by atomic mass is 15.1. The minimum Gasteiger partial charge on any atom is -0.310 e. The molecule has 1 heteroatoms. The standard InChI is InChI=1S/C58H53N/c1-39(2)51-20-13-21-55-57(51)52-35-34-50(38-56(52)58(55,3)4)59(48-30-26-43(27-31-48)42-24-22-41(23-25-42)40-14-7-5-8-15-40)49-32-28-45(29-33-49)54-37-47-19-12-11-18-46(47)36-53(54)44-16-9-6-10-17-44/h6,9-13,16-40H,5,7-8,14-15H2,1-4H3. The summed E-state index contributed by atoms with van der Waals surface area (Å²) < 4.78 is 0. The van der Waals surface area contributed by atoms with Crippen LogP contribution in [0.5, 0.6) is 0 Å². The van der Waals surface area contributed by atoms with Crippen molar-refractivity contribution in [3.8, 4) is 44.5 Å². The van der Waals surface area contributed by atoms with Gasteiger partial charge in [0.1, 0.15) is 0 Å². The topological polar surface area (TPSA) is 3.24 Å². The van der Waals surface area contributed by atoms with E-state index in [1.807, 2.05) is 0 Å². The van der Waals surface area contributed by atoms with E-state index in [1.165, 1.54) is 115 Å². The number of hydrogen-bond donors (Lipinski definition) is 0. The highest BCUT2D eigenvalue weighted by Crippen LogP contribution is 2.53. The van der Waals surface area contributed by atoms with Crippen molar-refractivity contribution in [1.82, 2.24) is 0 Å². The van der Waals surface area contributed by atoms with Crippen molar-refractivity contribution in [2.45, 2.75) is 77.0 Å². The molecule has 1 fully saturated rings. The maximum absolute atomic E-state index is 2.46. The molecule has 59 heavy (non-hydrogen) atoms. The summed E-state index contributed by atoms with van der Waals surface area (Å²) in [5.74, 6) is 1.17. The smallest absolute Gasteiger partial charge is 0.0465 e. The van der Waals surface area contributed by atoms with Crippen molar-refractivity contribution in [2.24, 2.45) is 0 Å². The number of rotatable bonds is 8. The highest BCUT2D eigenvalue weighted by molar-refractivity contribution is 5.97. The van der Waals surface area contributed by atoms with Gasteiger partial charge in [0.25, 0.3) is 0 Å². The van der Waals surface area contributed by atoms with Crippen LogP contribution in [0.15, 0.2) is 176 Å². The van der Waals surface area contributed by atoms with Crippen LogP contribution in [-0.4, -0.2) is 0 Å². The second-order valence-electron chi connectivity index (χ2n) is 17.8. The molecule has 2 aliphatic carbocycles. The Hall–Kier alpha value is -6.18. The number of hydrogen-bond acceptors (Lipinski definition) is 1. The van der Waals surface area contributed by atoms with Gasteiger partial charge in [-0.25, -0.2) is 0 Å². The van der Waals surface area contributed by atoms with Gasteiger partial charge in [-0.15, -0.1) is 0 Å². The van der Waals surface area contributed by atoms with Crippen molar-refractivity contribution >= 4 is 27.8 Å². The van der Waals surface area contributed by atoms with Gasteiger partial charge in [-0.2, -0.15) is 0 Å². The predicted molar refractivity (Wildman–Crippen MR) is 252 cm³/mol. The lowest BCUT2D eigenvalue weighted by Gasteiger charge is -2.28. The summed E-state index contributed by atoms with van der Waals surface area (Å²) in [6.45, 7) is 9.42. The second-order valence-corrected chi connectivity index (χ2v) is 17.8. The van der Waals surface area contributed by atoms with Gasteiger partial charge in [0, 0.05) is 22.5 Å². The molecule has 0 aromatic heterocycles. The first-order chi connectivity index (χ1) is 28.8. The van der Waals surface area contributed by atoms with Crippen molar-refractivity contribution in [3.05, 3.63) is 198 Å². The molecule has 10 rings (SSSR count). The zero-order chi connectivity index (χ0) is 40.1. The number of fused-ring (bicyclic) bond motifs is 4. The maximum atomic E-state index is 2.46. The Morgan fingerprint density at radius 2 is 1.00 bits per heavy atom. The summed E-state index contributed by atoms with van der Waals surface area (Å²) in [5.41, 5.74) is 19.3. The summed E-state index contributed by atoms with van der Waals surface area (Å²) in [6, 6.07) is 66.1. The Labute approximate surface area is 351 Å². The minimum absolute atomic E-state index is 0.112. The molecule has 0 N–H and O–H groups in total. The Balaban J connectivity index is 1.06. The van der Waals surface area contributed by atoms with Crippen LogP contribution in [0.4, 0.5) is 17.1 Å². The first-order valence-electron chi connectivity index (χ1n) is 21.8. The molecule has 0 bridgehead atoms. The van der Waals surface area contributed by atoms with E-state index in [4.69, 9.17) is 0 Å². The fourth-order valence-corrected chi connectivity index (χ4v) is 10.2. The third-order valence-electron chi connectivity index (χ3n) is 13.4. The van der Waals surface area contributed by atoms with Crippen LogP contribution < -0.4 is 4.90 Å². The van der Waals surface area contributed by atoms with E-state index in [0.717, 1.165) is 11.4 Å². The van der Waals surface area contributed by atoms with Crippen molar-refractivity contribution in [3.63, 3.8) is 0 Å². The molecule has 1 nitrogen and oxygen atoms in total. The van der Waals surface area contributed by atoms with Crippen LogP contribution in [0, 0.1) is 0 Å². The fraction of sp³-hybridized carbons (Fsp3) is 0.207. The Morgan fingerprint density at radius 3 is 1.61 bits per heavy atom. The van der Waals surface area contributed by atoms with E-state index in [-0.39, 0.29) is 5.41 Å². The molecule has 0 radical (unpaired) electrons. The Bertz CT molecular complexity index is 2770. The fourth-order valence-electron chi connectivity index (χ4n) is 10.2. The summed E-state index contributed by atoms with van der Waals surface area (Å²) >= 11 is 0. The second kappa shape index (κ2) is 15.2. The molecule has 0 heterocycles. The SMILES string of the molecule is CC(C)c1cccc2c1-c1ccc(N(c3ccc(-c4ccc(C5CCCCC5)cc4)cc3)c3ccc(-c4cc5ccccc5cc4-c4ccccc4)cc3)cc1C2(C)C. The molecule has 0 atom stereocenters. The van der Waals surface area contributed by atoms with Gasteiger partial charge in [-0.3, -0.25) is 0 Å². The molecular formula is C58H53N. The van der Waals surface area contributed by atoms with Crippen LogP contribution in [0.2, 0.25) is 0 Å². The lowest BCUT2D eigenvalue weighted by atomic mass is 9.81. The van der Waals surface area contributed by atoms with Gasteiger partial charge >= 0.3 is 0 Å². The first kappa shape index (κ1) is 37.1. The number of benzene rings is 8. The van der Waals surface area contributed by atoms with E-state index >= 15 is 0 Å². The van der Waals surface area contributed by atoms with Crippen molar-refractivity contribution in [1.29, 1.82) is 0 Å². The monoisotopic (exact) mass is 763 g/mol. The first-order valence-corrected chi connectivity index (χ1v) is 21.8. The van der Waals surface area contributed by atoms with E-state index in [0.29, 0.717) is 11.8 Å². The van der Waals surface area contributed by atoms with E-state index < -0.39 is 0 Å². The zero-order valence-electron chi connectivity index (χ0n) is 34.9. The summed E-state index contributed by atoms with van der Waals surface area (Å²) in [6.07, 6.45) is 6.76. The lowest BCUT2D eigenvalue weighted by Crippen LogP contribution is -2.16. The largest absolute Gasteiger partial charge is 0.310 e. The van der Waals surface area contributed by atoms with E-state index in [9.17, 15) is 0 Å². The van der Waals surface area contributed by atoms with Crippen LogP contribution in [0.25, 0.3) is 55.3 Å². The molecule has 2 aliphatic rings. The number of nitrogens with zero attached hydrogens (tertiary/aromatic N) is 1. The van der Waals surface area contributed by atoms with E-state index in [2.05, 4.69) is 209 Å². The van der Waals surface area contributed by atoms with Crippen LogP contribution >= 0.6 is 0 Å². The van der Waals surface area contributed by atoms with Gasteiger partial charge in [0.2, 0.25) is 0 Å². The van der Waals surface area contributed by atoms with E-state index in [1.54, 1.807) is 0 Å². The molecule has 8 aromatic carbocycles. The molecule has 0 aliphatic heterocycles. The highest BCUT2D eigenvalue weighted by Gasteiger charge is 2.37. The molecule has 0 spiro atoms. The maximum Gasteiger partial charge on any atom is 0.0465 e. The Kier molecular flexibility index (Phi) is 9.56. The third-order valence-corrected chi connectivity index (χ3v) is 13.4. The molecule has 290 valence electrons. The van der Waals surface area contributed by atoms with Gasteiger partial charge in [0.05, 0.1) is 0 Å². The summed E-state index contributed by atoms with van der Waals surface area (Å²) in [5, 5.41) is 2.50. The van der Waals surface area contributed by atoms with Gasteiger partial charge < -0.3 is 4.90 Å². The Morgan fingerprint density at radius 1 is 0.458 bits per heavy atom. The molecule has 8 aromatic rings. The van der Waals surface area contributed by atoms with Crippen LogP contribution in [0.3, 0.4) is 0 Å². The summed E-state index contributed by atoms with van der Waals surface area (Å²) in [7, 11) is 0. The zero-order valence-corrected chi connectivity index (χ0v) is 34.9. The molecular weight excluding hydrogens is 711 g/mol. The van der Waals surface area contributed by atoms with Crippen molar-refractivity contribution in [2.75, 3.05) is 4.90 Å². The molecule has 0 amide bonds. The summed E-state index contributed by atoms with van der Waals surface area (Å²) in [4.78, 5) is 2.45. The van der Waals surface area contributed by atoms with Crippen molar-refractivity contribution < 1.29 is 0 Å². The predicted octanol–water partition coefficient (Wildman–Crippen LogP) is 16.8.